The van der Waals surface area contributed by atoms with Crippen LogP contribution in [0.1, 0.15) is 62.3 Å². The maximum Gasteiger partial charge on any atom is 2.00 e. The number of rotatable bonds is 10. The fourth-order valence-corrected chi connectivity index (χ4v) is 2.99. The molecule has 0 heterocycles. The molecule has 12 N–H and O–H groups in total. The van der Waals surface area contributed by atoms with Crippen LogP contribution in [-0.2, 0) is 21.7 Å². The Balaban J connectivity index is -0.000000136. The smallest absolute Gasteiger partial charge is 0.400 e. The molecule has 10 heteroatoms. The van der Waals surface area contributed by atoms with E-state index in [2.05, 4.69) is 43.6 Å². The van der Waals surface area contributed by atoms with E-state index in [1.807, 2.05) is 41.0 Å². The summed E-state index contributed by atoms with van der Waals surface area (Å²) in [5, 5.41) is 31.2. The second-order valence-corrected chi connectivity index (χ2v) is 6.96. The van der Waals surface area contributed by atoms with Crippen LogP contribution in [0.4, 0.5) is 0 Å². The summed E-state index contributed by atoms with van der Waals surface area (Å²) in [6, 6.07) is 0.659. The third kappa shape index (κ3) is 30.4. The number of aliphatic hydroxyl groups is 3. The third-order valence-electron chi connectivity index (χ3n) is 3.83. The standard InChI is InChI=1S/C15H37N6.C3H7.3CH4O.Ti/c1-8(9(2)19-12(5)16)15(10(3)20-13(6)17)11(4)21-14(7)18;1-3-2;3*1-2;/h8-14,19-21H,16-18H2,1-7H3;3H,1-2H3;3*2H,1H3;/q2*-1;;;;+2. The monoisotopic (exact) mass is 488 g/mol. The van der Waals surface area contributed by atoms with Crippen molar-refractivity contribution in [3.63, 3.8) is 0 Å². The minimum absolute atomic E-state index is 0. The van der Waals surface area contributed by atoms with Crippen LogP contribution in [0.5, 0.6) is 0 Å². The number of hydrogen-bond donors (Lipinski definition) is 9. The molecule has 0 aromatic carbocycles. The number of nitrogens with one attached hydrogen (secondary N) is 3. The van der Waals surface area contributed by atoms with E-state index in [1.165, 1.54) is 5.92 Å². The van der Waals surface area contributed by atoms with Gasteiger partial charge in [0, 0.05) is 33.7 Å². The summed E-state index contributed by atoms with van der Waals surface area (Å²) in [4.78, 5) is 0. The fourth-order valence-electron chi connectivity index (χ4n) is 2.99. The maximum absolute atomic E-state index is 7.00. The normalized spacial score (nSPS) is 16.4. The summed E-state index contributed by atoms with van der Waals surface area (Å²) in [6.07, 6.45) is 1.86. The largest absolute Gasteiger partial charge is 2.00 e. The first-order valence-electron chi connectivity index (χ1n) is 10.5. The van der Waals surface area contributed by atoms with Crippen molar-refractivity contribution in [3.05, 3.63) is 12.3 Å². The van der Waals surface area contributed by atoms with Crippen molar-refractivity contribution < 1.29 is 37.0 Å². The van der Waals surface area contributed by atoms with Gasteiger partial charge in [-0.1, -0.05) is 27.7 Å². The summed E-state index contributed by atoms with van der Waals surface area (Å²) in [5.41, 5.74) is 17.6. The van der Waals surface area contributed by atoms with E-state index in [9.17, 15) is 0 Å². The van der Waals surface area contributed by atoms with Crippen LogP contribution in [0.2, 0.25) is 0 Å². The first-order valence-corrected chi connectivity index (χ1v) is 10.5. The van der Waals surface area contributed by atoms with Gasteiger partial charge in [0.2, 0.25) is 0 Å². The SMILES string of the molecule is CC(N)NC(C)[C-](C(C)NC(C)N)C(C)C(C)NC(C)N.CO.CO.CO.C[CH-]C.[Ti+2]. The van der Waals surface area contributed by atoms with Gasteiger partial charge in [-0.05, 0) is 26.8 Å². The molecule has 0 aliphatic heterocycles. The molecule has 0 amide bonds. The van der Waals surface area contributed by atoms with Crippen LogP contribution in [0.15, 0.2) is 0 Å². The zero-order valence-electron chi connectivity index (χ0n) is 22.2. The van der Waals surface area contributed by atoms with E-state index in [4.69, 9.17) is 32.5 Å². The van der Waals surface area contributed by atoms with Crippen molar-refractivity contribution in [3.8, 4) is 0 Å². The van der Waals surface area contributed by atoms with Crippen LogP contribution in [-0.4, -0.2) is 73.3 Å². The number of aliphatic hydroxyl groups excluding tert-OH is 3. The molecule has 0 bridgehead atoms. The molecule has 0 aromatic rings. The minimum atomic E-state index is -0.0543. The van der Waals surface area contributed by atoms with E-state index in [0.717, 1.165) is 21.3 Å². The Morgan fingerprint density at radius 1 is 0.613 bits per heavy atom. The number of hydrogen-bond acceptors (Lipinski definition) is 9. The van der Waals surface area contributed by atoms with Crippen molar-refractivity contribution in [2.75, 3.05) is 21.3 Å². The molecule has 0 saturated carbocycles. The molecule has 0 saturated heterocycles. The molecule has 192 valence electrons. The Morgan fingerprint density at radius 3 is 1.03 bits per heavy atom. The van der Waals surface area contributed by atoms with Gasteiger partial charge in [-0.3, -0.25) is 5.92 Å². The van der Waals surface area contributed by atoms with Gasteiger partial charge < -0.3 is 54.9 Å². The van der Waals surface area contributed by atoms with Crippen LogP contribution in [0.3, 0.4) is 0 Å². The zero-order chi connectivity index (χ0) is 25.4. The molecule has 9 nitrogen and oxygen atoms in total. The molecule has 0 fully saturated rings. The molecular weight excluding hydrogens is 432 g/mol. The molecule has 31 heavy (non-hydrogen) atoms. The molecule has 0 radical (unpaired) electrons. The predicted molar refractivity (Wildman–Crippen MR) is 131 cm³/mol. The molecule has 0 aliphatic rings. The molecule has 0 spiro atoms. The van der Waals surface area contributed by atoms with Gasteiger partial charge in [0.1, 0.15) is 0 Å². The average molecular weight is 489 g/mol. The first kappa shape index (κ1) is 44.9. The minimum Gasteiger partial charge on any atom is -0.400 e. The fraction of sp³-hybridized carbons (Fsp3) is 0.905. The van der Waals surface area contributed by atoms with Crippen molar-refractivity contribution in [1.82, 2.24) is 16.0 Å². The van der Waals surface area contributed by atoms with Crippen molar-refractivity contribution in [1.29, 1.82) is 0 Å². The topological polar surface area (TPSA) is 175 Å². The average Bonchev–Trinajstić information content (AvgIpc) is 2.65. The Hall–Kier alpha value is 0.354. The summed E-state index contributed by atoms with van der Waals surface area (Å²) in [5.74, 6) is 1.68. The van der Waals surface area contributed by atoms with Crippen LogP contribution in [0.25, 0.3) is 0 Å². The van der Waals surface area contributed by atoms with Gasteiger partial charge in [-0.25, -0.2) is 0 Å². The van der Waals surface area contributed by atoms with E-state index in [0.29, 0.717) is 5.92 Å². The quantitative estimate of drug-likeness (QED) is 0.117. The van der Waals surface area contributed by atoms with E-state index in [-0.39, 0.29) is 58.3 Å². The van der Waals surface area contributed by atoms with Crippen LogP contribution >= 0.6 is 0 Å². The predicted octanol–water partition coefficient (Wildman–Crippen LogP) is 0.0989. The summed E-state index contributed by atoms with van der Waals surface area (Å²) < 4.78 is 0. The van der Waals surface area contributed by atoms with Crippen molar-refractivity contribution in [2.24, 2.45) is 23.1 Å². The van der Waals surface area contributed by atoms with Gasteiger partial charge in [0.15, 0.2) is 0 Å². The van der Waals surface area contributed by atoms with Crippen molar-refractivity contribution >= 4 is 0 Å². The summed E-state index contributed by atoms with van der Waals surface area (Å²) >= 11 is 0. The van der Waals surface area contributed by atoms with Crippen LogP contribution in [0, 0.1) is 18.3 Å². The maximum atomic E-state index is 7.00. The van der Waals surface area contributed by atoms with E-state index < -0.39 is 0 Å². The van der Waals surface area contributed by atoms with Gasteiger partial charge in [-0.15, -0.1) is 18.0 Å². The Bertz CT molecular complexity index is 288. The molecule has 0 aromatic heterocycles. The molecule has 7 unspecified atom stereocenters. The van der Waals surface area contributed by atoms with E-state index in [1.54, 1.807) is 0 Å². The molecule has 7 atom stereocenters. The summed E-state index contributed by atoms with van der Waals surface area (Å²) in [6.45, 7) is 18.5. The first-order chi connectivity index (χ1) is 14.0. The van der Waals surface area contributed by atoms with Crippen molar-refractivity contribution in [2.45, 2.75) is 98.9 Å². The summed E-state index contributed by atoms with van der Waals surface area (Å²) in [7, 11) is 3.00. The second kappa shape index (κ2) is 32.5. The van der Waals surface area contributed by atoms with Gasteiger partial charge >= 0.3 is 21.7 Å². The van der Waals surface area contributed by atoms with Gasteiger partial charge in [-0.2, -0.15) is 13.8 Å². The third-order valence-corrected chi connectivity index (χ3v) is 3.83. The second-order valence-electron chi connectivity index (χ2n) is 6.96. The Labute approximate surface area is 208 Å². The zero-order valence-corrected chi connectivity index (χ0v) is 23.8. The van der Waals surface area contributed by atoms with Gasteiger partial charge in [0.25, 0.3) is 0 Å². The number of nitrogens with two attached hydrogens (primary N) is 3. The van der Waals surface area contributed by atoms with Gasteiger partial charge in [0.05, 0.1) is 6.17 Å². The van der Waals surface area contributed by atoms with Crippen LogP contribution < -0.4 is 33.2 Å². The molecular formula is C21H56N6O3Ti. The Kier molecular flexibility index (Phi) is 47.2. The Morgan fingerprint density at radius 2 is 0.839 bits per heavy atom. The molecule has 0 rings (SSSR count). The van der Waals surface area contributed by atoms with E-state index >= 15 is 0 Å². The molecule has 0 aliphatic carbocycles.